The fraction of sp³-hybridized carbons (Fsp3) is 0.375. The molecule has 1 aliphatic heterocycles. The van der Waals surface area contributed by atoms with Crippen LogP contribution in [0.5, 0.6) is 0 Å². The molecule has 2 fully saturated rings. The van der Waals surface area contributed by atoms with Crippen LogP contribution in [0.3, 0.4) is 0 Å². The molecule has 1 saturated carbocycles. The van der Waals surface area contributed by atoms with Gasteiger partial charge in [-0.3, -0.25) is 4.79 Å². The van der Waals surface area contributed by atoms with Crippen LogP contribution in [-0.4, -0.2) is 31.2 Å². The predicted molar refractivity (Wildman–Crippen MR) is 108 cm³/mol. The molecule has 2 heterocycles. The summed E-state index contributed by atoms with van der Waals surface area (Å²) in [5, 5.41) is 4.85. The summed E-state index contributed by atoms with van der Waals surface area (Å²) in [4.78, 5) is 16.8. The Labute approximate surface area is 164 Å². The maximum Gasteiger partial charge on any atom is 0.314 e. The summed E-state index contributed by atoms with van der Waals surface area (Å²) in [5.41, 5.74) is 4.57. The lowest BCUT2D eigenvalue weighted by atomic mass is 9.42. The highest BCUT2D eigenvalue weighted by Crippen LogP contribution is 2.68. The lowest BCUT2D eigenvalue weighted by Gasteiger charge is -2.59. The van der Waals surface area contributed by atoms with Gasteiger partial charge in [-0.25, -0.2) is 0 Å². The fourth-order valence-electron chi connectivity index (χ4n) is 6.93. The summed E-state index contributed by atoms with van der Waals surface area (Å²) in [6, 6.07) is 17.3. The number of para-hydroxylation sites is 1. The van der Waals surface area contributed by atoms with Gasteiger partial charge in [-0.05, 0) is 35.6 Å². The van der Waals surface area contributed by atoms with Gasteiger partial charge in [0, 0.05) is 47.4 Å². The Hall–Kier alpha value is -2.59. The third-order valence-electron chi connectivity index (χ3n) is 7.88. The highest BCUT2D eigenvalue weighted by molar-refractivity contribution is 5.87. The number of aromatic amines is 1. The molecule has 4 heteroatoms. The van der Waals surface area contributed by atoms with Crippen molar-refractivity contribution in [1.29, 1.82) is 0 Å². The van der Waals surface area contributed by atoms with Gasteiger partial charge in [-0.2, -0.15) is 0 Å². The zero-order valence-corrected chi connectivity index (χ0v) is 16.0. The number of fused-ring (bicyclic) bond motifs is 2. The first kappa shape index (κ1) is 16.4. The SMILES string of the molecule is COC(=O)C12CNCC1C1(c3c[nH]c4ccccc34)CCC2c2ccccc21. The largest absolute Gasteiger partial charge is 0.469 e. The van der Waals surface area contributed by atoms with E-state index in [-0.39, 0.29) is 23.2 Å². The van der Waals surface area contributed by atoms with Crippen LogP contribution in [0.25, 0.3) is 10.9 Å². The second-order valence-corrected chi connectivity index (χ2v) is 8.61. The van der Waals surface area contributed by atoms with E-state index in [1.54, 1.807) is 7.11 Å². The van der Waals surface area contributed by atoms with Crippen LogP contribution in [0, 0.1) is 11.3 Å². The lowest BCUT2D eigenvalue weighted by molar-refractivity contribution is -0.161. The van der Waals surface area contributed by atoms with E-state index in [0.717, 1.165) is 24.9 Å². The van der Waals surface area contributed by atoms with Crippen LogP contribution in [0.15, 0.2) is 54.7 Å². The minimum atomic E-state index is -0.486. The number of hydrogen-bond acceptors (Lipinski definition) is 3. The number of nitrogens with one attached hydrogen (secondary N) is 2. The van der Waals surface area contributed by atoms with Crippen LogP contribution < -0.4 is 5.32 Å². The Morgan fingerprint density at radius 1 is 1.11 bits per heavy atom. The highest BCUT2D eigenvalue weighted by Gasteiger charge is 2.69. The molecule has 0 radical (unpaired) electrons. The standard InChI is InChI=1S/C24H24N2O2/c1-28-22(27)24-14-25-13-21(24)23(19-12-26-20-9-5-3-7-16(19)20)11-10-18(24)15-6-2-4-8-17(15)23/h2-9,12,18,21,25-26H,10-11,13-14H2,1H3. The van der Waals surface area contributed by atoms with Gasteiger partial charge in [0.25, 0.3) is 0 Å². The monoisotopic (exact) mass is 372 g/mol. The predicted octanol–water partition coefficient (Wildman–Crippen LogP) is 3.72. The summed E-state index contributed by atoms with van der Waals surface area (Å²) in [5.74, 6) is 0.370. The first-order valence-corrected chi connectivity index (χ1v) is 10.2. The van der Waals surface area contributed by atoms with Gasteiger partial charge in [0.1, 0.15) is 0 Å². The smallest absolute Gasteiger partial charge is 0.314 e. The van der Waals surface area contributed by atoms with Gasteiger partial charge in [-0.15, -0.1) is 0 Å². The van der Waals surface area contributed by atoms with Gasteiger partial charge in [-0.1, -0.05) is 42.5 Å². The second kappa shape index (κ2) is 5.48. The summed E-state index contributed by atoms with van der Waals surface area (Å²) in [6.45, 7) is 1.55. The van der Waals surface area contributed by atoms with Crippen LogP contribution in [0.2, 0.25) is 0 Å². The molecule has 2 N–H and O–H groups in total. The number of carbonyl (C=O) groups is 1. The van der Waals surface area contributed by atoms with E-state index in [4.69, 9.17) is 4.74 Å². The maximum absolute atomic E-state index is 13.3. The van der Waals surface area contributed by atoms with E-state index >= 15 is 0 Å². The molecule has 4 unspecified atom stereocenters. The molecule has 3 aliphatic carbocycles. The number of carbonyl (C=O) groups excluding carboxylic acids is 1. The molecule has 1 saturated heterocycles. The van der Waals surface area contributed by atoms with Crippen molar-refractivity contribution in [3.63, 3.8) is 0 Å². The molecule has 4 nitrogen and oxygen atoms in total. The average Bonchev–Trinajstić information content (AvgIpc) is 3.40. The number of rotatable bonds is 2. The van der Waals surface area contributed by atoms with Crippen LogP contribution in [0.1, 0.15) is 35.4 Å². The Balaban J connectivity index is 1.71. The first-order chi connectivity index (χ1) is 13.7. The van der Waals surface area contributed by atoms with E-state index in [2.05, 4.69) is 65.0 Å². The molecule has 28 heavy (non-hydrogen) atoms. The number of esters is 1. The number of benzene rings is 2. The third-order valence-corrected chi connectivity index (χ3v) is 7.88. The number of methoxy groups -OCH3 is 1. The molecule has 142 valence electrons. The Morgan fingerprint density at radius 3 is 2.82 bits per heavy atom. The summed E-state index contributed by atoms with van der Waals surface area (Å²) in [6.07, 6.45) is 4.28. The first-order valence-electron chi connectivity index (χ1n) is 10.2. The van der Waals surface area contributed by atoms with Crippen LogP contribution in [0.4, 0.5) is 0 Å². The van der Waals surface area contributed by atoms with Crippen molar-refractivity contribution in [2.75, 3.05) is 20.2 Å². The van der Waals surface area contributed by atoms with Crippen LogP contribution in [-0.2, 0) is 14.9 Å². The van der Waals surface area contributed by atoms with Crippen molar-refractivity contribution in [2.45, 2.75) is 24.2 Å². The minimum Gasteiger partial charge on any atom is -0.469 e. The zero-order valence-electron chi connectivity index (χ0n) is 16.0. The van der Waals surface area contributed by atoms with Gasteiger partial charge in [0.15, 0.2) is 0 Å². The van der Waals surface area contributed by atoms with E-state index in [1.807, 2.05) is 0 Å². The Bertz CT molecular complexity index is 1100. The number of H-pyrrole nitrogens is 1. The van der Waals surface area contributed by atoms with Gasteiger partial charge < -0.3 is 15.0 Å². The van der Waals surface area contributed by atoms with Crippen molar-refractivity contribution in [2.24, 2.45) is 11.3 Å². The number of aromatic nitrogens is 1. The van der Waals surface area contributed by atoms with Crippen molar-refractivity contribution >= 4 is 16.9 Å². The van der Waals surface area contributed by atoms with E-state index in [9.17, 15) is 4.79 Å². The minimum absolute atomic E-state index is 0.0501. The average molecular weight is 372 g/mol. The van der Waals surface area contributed by atoms with Crippen molar-refractivity contribution in [3.8, 4) is 0 Å². The molecule has 3 aromatic rings. The molecule has 2 aromatic carbocycles. The van der Waals surface area contributed by atoms with Gasteiger partial charge in [0.2, 0.25) is 0 Å². The Kier molecular flexibility index (Phi) is 3.20. The van der Waals surface area contributed by atoms with E-state index < -0.39 is 5.41 Å². The summed E-state index contributed by atoms with van der Waals surface area (Å²) < 4.78 is 5.43. The van der Waals surface area contributed by atoms with Gasteiger partial charge >= 0.3 is 5.97 Å². The molecule has 0 spiro atoms. The molecule has 0 amide bonds. The lowest BCUT2D eigenvalue weighted by Crippen LogP contribution is -2.60. The van der Waals surface area contributed by atoms with Crippen molar-refractivity contribution < 1.29 is 9.53 Å². The molecular formula is C24H24N2O2. The molecule has 7 rings (SSSR count). The molecule has 2 bridgehead atoms. The van der Waals surface area contributed by atoms with Crippen molar-refractivity contribution in [3.05, 3.63) is 71.4 Å². The topological polar surface area (TPSA) is 54.1 Å². The van der Waals surface area contributed by atoms with E-state index in [0.29, 0.717) is 6.54 Å². The third kappa shape index (κ3) is 1.69. The van der Waals surface area contributed by atoms with Crippen molar-refractivity contribution in [1.82, 2.24) is 10.3 Å². The maximum atomic E-state index is 13.3. The quantitative estimate of drug-likeness (QED) is 0.674. The zero-order chi connectivity index (χ0) is 18.9. The molecule has 4 atom stereocenters. The highest BCUT2D eigenvalue weighted by atomic mass is 16.5. The molecular weight excluding hydrogens is 348 g/mol. The van der Waals surface area contributed by atoms with Gasteiger partial charge in [0.05, 0.1) is 12.5 Å². The summed E-state index contributed by atoms with van der Waals surface area (Å²) >= 11 is 0. The second-order valence-electron chi connectivity index (χ2n) is 8.61. The molecule has 1 aromatic heterocycles. The Morgan fingerprint density at radius 2 is 1.93 bits per heavy atom. The fourth-order valence-corrected chi connectivity index (χ4v) is 6.93. The van der Waals surface area contributed by atoms with Crippen LogP contribution >= 0.6 is 0 Å². The summed E-state index contributed by atoms with van der Waals surface area (Å²) in [7, 11) is 1.54. The number of hydrogen-bond donors (Lipinski definition) is 2. The number of ether oxygens (including phenoxy) is 1. The normalized spacial score (nSPS) is 32.9. The molecule has 4 aliphatic rings. The van der Waals surface area contributed by atoms with E-state index in [1.165, 1.54) is 22.1 Å².